The van der Waals surface area contributed by atoms with Gasteiger partial charge in [0.2, 0.25) is 0 Å². The summed E-state index contributed by atoms with van der Waals surface area (Å²) in [6, 6.07) is 6.14. The van der Waals surface area contributed by atoms with Gasteiger partial charge in [0.25, 0.3) is 0 Å². The van der Waals surface area contributed by atoms with E-state index >= 15 is 0 Å². The molecule has 0 aliphatic heterocycles. The Bertz CT molecular complexity index is 658. The highest BCUT2D eigenvalue weighted by atomic mass is 79.9. The molecule has 2 aromatic rings. The van der Waals surface area contributed by atoms with Gasteiger partial charge in [0.15, 0.2) is 0 Å². The minimum Gasteiger partial charge on any atom is -0.340 e. The molecule has 2 rings (SSSR count). The fraction of sp³-hybridized carbons (Fsp3) is 0.375. The van der Waals surface area contributed by atoms with E-state index < -0.39 is 0 Å². The summed E-state index contributed by atoms with van der Waals surface area (Å²) >= 11 is 9.76. The number of anilines is 2. The topological polar surface area (TPSA) is 37.8 Å². The Morgan fingerprint density at radius 3 is 2.33 bits per heavy atom. The predicted octanol–water partition coefficient (Wildman–Crippen LogP) is 5.55. The molecule has 112 valence electrons. The van der Waals surface area contributed by atoms with E-state index in [-0.39, 0.29) is 5.41 Å². The van der Waals surface area contributed by atoms with Gasteiger partial charge in [-0.05, 0) is 37.6 Å². The zero-order chi connectivity index (χ0) is 15.8. The van der Waals surface area contributed by atoms with E-state index in [1.54, 1.807) is 0 Å². The van der Waals surface area contributed by atoms with Crippen molar-refractivity contribution in [3.63, 3.8) is 0 Å². The van der Waals surface area contributed by atoms with Crippen LogP contribution in [0, 0.1) is 13.8 Å². The van der Waals surface area contributed by atoms with Gasteiger partial charge in [-0.3, -0.25) is 0 Å². The standard InChI is InChI=1S/C16H19BrClN3/c1-9-6-11(17)8-12(7-9)19-14-10(2)13(18)20-15(21-14)16(3,4)5/h6-8H,1-5H3,(H,19,20,21). The van der Waals surface area contributed by atoms with Crippen LogP contribution in [0.1, 0.15) is 37.7 Å². The SMILES string of the molecule is Cc1cc(Br)cc(Nc2nc(C(C)(C)C)nc(Cl)c2C)c1. The highest BCUT2D eigenvalue weighted by molar-refractivity contribution is 9.10. The quantitative estimate of drug-likeness (QED) is 0.706. The molecule has 0 aliphatic rings. The van der Waals surface area contributed by atoms with Gasteiger partial charge in [-0.1, -0.05) is 48.3 Å². The fourth-order valence-corrected chi connectivity index (χ4v) is 2.67. The molecule has 0 bridgehead atoms. The normalized spacial score (nSPS) is 11.6. The van der Waals surface area contributed by atoms with Gasteiger partial charge in [0.05, 0.1) is 0 Å². The van der Waals surface area contributed by atoms with Gasteiger partial charge in [-0.15, -0.1) is 0 Å². The van der Waals surface area contributed by atoms with Crippen molar-refractivity contribution in [3.8, 4) is 0 Å². The van der Waals surface area contributed by atoms with Gasteiger partial charge in [0, 0.05) is 21.1 Å². The zero-order valence-electron chi connectivity index (χ0n) is 12.9. The highest BCUT2D eigenvalue weighted by Crippen LogP contribution is 2.29. The summed E-state index contributed by atoms with van der Waals surface area (Å²) in [6.07, 6.45) is 0. The minimum absolute atomic E-state index is 0.152. The lowest BCUT2D eigenvalue weighted by Gasteiger charge is -2.19. The van der Waals surface area contributed by atoms with E-state index in [0.717, 1.165) is 27.4 Å². The lowest BCUT2D eigenvalue weighted by Crippen LogP contribution is -2.17. The van der Waals surface area contributed by atoms with Crippen molar-refractivity contribution in [3.05, 3.63) is 44.8 Å². The molecule has 0 atom stereocenters. The number of hydrogen-bond donors (Lipinski definition) is 1. The number of aromatic nitrogens is 2. The molecular formula is C16H19BrClN3. The van der Waals surface area contributed by atoms with E-state index in [1.165, 1.54) is 5.56 Å². The van der Waals surface area contributed by atoms with Crippen LogP contribution in [0.25, 0.3) is 0 Å². The number of benzene rings is 1. The third-order valence-electron chi connectivity index (χ3n) is 3.06. The van der Waals surface area contributed by atoms with E-state index in [9.17, 15) is 0 Å². The van der Waals surface area contributed by atoms with Gasteiger partial charge in [-0.25, -0.2) is 9.97 Å². The molecule has 0 unspecified atom stereocenters. The number of hydrogen-bond acceptors (Lipinski definition) is 3. The van der Waals surface area contributed by atoms with Gasteiger partial charge < -0.3 is 5.32 Å². The van der Waals surface area contributed by atoms with E-state index in [2.05, 4.69) is 71.0 Å². The van der Waals surface area contributed by atoms with Crippen LogP contribution >= 0.6 is 27.5 Å². The molecule has 0 aliphatic carbocycles. The van der Waals surface area contributed by atoms with Crippen molar-refractivity contribution in [2.24, 2.45) is 0 Å². The van der Waals surface area contributed by atoms with Gasteiger partial charge >= 0.3 is 0 Å². The minimum atomic E-state index is -0.152. The van der Waals surface area contributed by atoms with E-state index in [0.29, 0.717) is 5.15 Å². The average molecular weight is 369 g/mol. The largest absolute Gasteiger partial charge is 0.340 e. The molecule has 5 heteroatoms. The Labute approximate surface area is 139 Å². The van der Waals surface area contributed by atoms with Crippen LogP contribution in [-0.4, -0.2) is 9.97 Å². The van der Waals surface area contributed by atoms with Crippen molar-refractivity contribution in [2.75, 3.05) is 5.32 Å². The second-order valence-corrected chi connectivity index (χ2v) is 7.48. The molecule has 0 amide bonds. The molecular weight excluding hydrogens is 350 g/mol. The smallest absolute Gasteiger partial charge is 0.138 e. The first-order valence-electron chi connectivity index (χ1n) is 6.75. The molecule has 1 heterocycles. The average Bonchev–Trinajstić information content (AvgIpc) is 2.32. The summed E-state index contributed by atoms with van der Waals surface area (Å²) in [5.41, 5.74) is 2.84. The van der Waals surface area contributed by atoms with Crippen LogP contribution in [0.3, 0.4) is 0 Å². The summed E-state index contributed by atoms with van der Waals surface area (Å²) in [4.78, 5) is 9.02. The Hall–Kier alpha value is -1.13. The molecule has 0 saturated heterocycles. The fourth-order valence-electron chi connectivity index (χ4n) is 1.89. The third-order valence-corrected chi connectivity index (χ3v) is 3.89. The van der Waals surface area contributed by atoms with E-state index in [4.69, 9.17) is 11.6 Å². The number of aryl methyl sites for hydroxylation is 1. The Balaban J connectivity index is 2.46. The van der Waals surface area contributed by atoms with Crippen LogP contribution in [0.15, 0.2) is 22.7 Å². The predicted molar refractivity (Wildman–Crippen MR) is 92.6 cm³/mol. The second-order valence-electron chi connectivity index (χ2n) is 6.20. The van der Waals surface area contributed by atoms with Crippen LogP contribution in [0.2, 0.25) is 5.15 Å². The van der Waals surface area contributed by atoms with Crippen LogP contribution in [0.4, 0.5) is 11.5 Å². The van der Waals surface area contributed by atoms with Crippen molar-refractivity contribution in [1.29, 1.82) is 0 Å². The Morgan fingerprint density at radius 1 is 1.10 bits per heavy atom. The molecule has 3 nitrogen and oxygen atoms in total. The molecule has 0 fully saturated rings. The summed E-state index contributed by atoms with van der Waals surface area (Å²) in [6.45, 7) is 10.2. The zero-order valence-corrected chi connectivity index (χ0v) is 15.2. The summed E-state index contributed by atoms with van der Waals surface area (Å²) in [7, 11) is 0. The number of nitrogens with zero attached hydrogens (tertiary/aromatic N) is 2. The van der Waals surface area contributed by atoms with E-state index in [1.807, 2.05) is 13.0 Å². The van der Waals surface area contributed by atoms with Crippen LogP contribution in [-0.2, 0) is 5.41 Å². The lowest BCUT2D eigenvalue weighted by molar-refractivity contribution is 0.545. The summed E-state index contributed by atoms with van der Waals surface area (Å²) < 4.78 is 1.03. The first kappa shape index (κ1) is 16.2. The number of nitrogens with one attached hydrogen (secondary N) is 1. The van der Waals surface area contributed by atoms with Crippen molar-refractivity contribution in [2.45, 2.75) is 40.0 Å². The first-order chi connectivity index (χ1) is 9.66. The van der Waals surface area contributed by atoms with Gasteiger partial charge in [-0.2, -0.15) is 0 Å². The van der Waals surface area contributed by atoms with Crippen molar-refractivity contribution < 1.29 is 0 Å². The highest BCUT2D eigenvalue weighted by Gasteiger charge is 2.20. The molecule has 1 aromatic carbocycles. The lowest BCUT2D eigenvalue weighted by atomic mass is 9.95. The third kappa shape index (κ3) is 3.95. The molecule has 1 N–H and O–H groups in total. The molecule has 0 radical (unpaired) electrons. The molecule has 21 heavy (non-hydrogen) atoms. The second kappa shape index (κ2) is 5.93. The van der Waals surface area contributed by atoms with Crippen LogP contribution < -0.4 is 5.32 Å². The Kier molecular flexibility index (Phi) is 4.59. The Morgan fingerprint density at radius 2 is 1.76 bits per heavy atom. The molecule has 1 aromatic heterocycles. The van der Waals surface area contributed by atoms with Gasteiger partial charge in [0.1, 0.15) is 16.8 Å². The van der Waals surface area contributed by atoms with Crippen LogP contribution in [0.5, 0.6) is 0 Å². The summed E-state index contributed by atoms with van der Waals surface area (Å²) in [5.74, 6) is 1.48. The maximum Gasteiger partial charge on any atom is 0.138 e. The summed E-state index contributed by atoms with van der Waals surface area (Å²) in [5, 5.41) is 3.83. The van der Waals surface area contributed by atoms with Crippen molar-refractivity contribution >= 4 is 39.0 Å². The first-order valence-corrected chi connectivity index (χ1v) is 7.93. The maximum atomic E-state index is 6.25. The monoisotopic (exact) mass is 367 g/mol. The maximum absolute atomic E-state index is 6.25. The molecule has 0 spiro atoms. The van der Waals surface area contributed by atoms with Crippen molar-refractivity contribution in [1.82, 2.24) is 9.97 Å². The number of rotatable bonds is 2. The molecule has 0 saturated carbocycles. The number of halogens is 2.